The van der Waals surface area contributed by atoms with E-state index in [4.69, 9.17) is 4.74 Å². The molecule has 0 N–H and O–H groups in total. The van der Waals surface area contributed by atoms with E-state index in [2.05, 4.69) is 6.58 Å². The van der Waals surface area contributed by atoms with Gasteiger partial charge in [-0.3, -0.25) is 0 Å². The van der Waals surface area contributed by atoms with Crippen molar-refractivity contribution in [1.29, 1.82) is 0 Å². The fourth-order valence-corrected chi connectivity index (χ4v) is 3.11. The molecule has 0 heterocycles. The lowest BCUT2D eigenvalue weighted by Crippen LogP contribution is -2.33. The molecule has 0 saturated heterocycles. The summed E-state index contributed by atoms with van der Waals surface area (Å²) >= 11 is 0. The van der Waals surface area contributed by atoms with Gasteiger partial charge in [0.1, 0.15) is 5.60 Å². The van der Waals surface area contributed by atoms with E-state index in [1.54, 1.807) is 0 Å². The topological polar surface area (TPSA) is 26.3 Å². The number of carbonyl (C=O) groups is 1. The second-order valence-electron chi connectivity index (χ2n) is 5.00. The van der Waals surface area contributed by atoms with E-state index in [0.717, 1.165) is 25.2 Å². The molecule has 2 rings (SSSR count). The van der Waals surface area contributed by atoms with Gasteiger partial charge in [-0.1, -0.05) is 19.4 Å². The fourth-order valence-electron chi connectivity index (χ4n) is 3.11. The molecule has 2 heteroatoms. The molecule has 2 saturated carbocycles. The molecule has 2 aliphatic carbocycles. The highest BCUT2D eigenvalue weighted by Crippen LogP contribution is 2.42. The molecule has 2 aliphatic rings. The van der Waals surface area contributed by atoms with Crippen LogP contribution in [0.15, 0.2) is 12.7 Å². The number of hydrogen-bond acceptors (Lipinski definition) is 2. The Morgan fingerprint density at radius 1 is 1.20 bits per heavy atom. The first kappa shape index (κ1) is 10.7. The lowest BCUT2D eigenvalue weighted by atomic mass is 9.88. The van der Waals surface area contributed by atoms with Crippen LogP contribution in [0.5, 0.6) is 0 Å². The summed E-state index contributed by atoms with van der Waals surface area (Å²) in [5.74, 6) is 0.646. The van der Waals surface area contributed by atoms with Gasteiger partial charge in [0.15, 0.2) is 0 Å². The Labute approximate surface area is 91.7 Å². The van der Waals surface area contributed by atoms with E-state index in [1.807, 2.05) is 0 Å². The van der Waals surface area contributed by atoms with E-state index in [9.17, 15) is 4.79 Å². The van der Waals surface area contributed by atoms with E-state index < -0.39 is 0 Å². The molecule has 0 radical (unpaired) electrons. The number of rotatable bonds is 2. The molecule has 84 valence electrons. The second-order valence-corrected chi connectivity index (χ2v) is 5.00. The molecule has 2 fully saturated rings. The van der Waals surface area contributed by atoms with Crippen molar-refractivity contribution in [2.75, 3.05) is 0 Å². The Bertz CT molecular complexity index is 247. The lowest BCUT2D eigenvalue weighted by Gasteiger charge is -2.31. The van der Waals surface area contributed by atoms with Crippen molar-refractivity contribution < 1.29 is 9.53 Å². The Morgan fingerprint density at radius 2 is 1.87 bits per heavy atom. The van der Waals surface area contributed by atoms with Crippen LogP contribution < -0.4 is 0 Å². The van der Waals surface area contributed by atoms with Gasteiger partial charge < -0.3 is 4.74 Å². The van der Waals surface area contributed by atoms with Gasteiger partial charge >= 0.3 is 5.97 Å². The summed E-state index contributed by atoms with van der Waals surface area (Å²) in [5, 5.41) is 0. The summed E-state index contributed by atoms with van der Waals surface area (Å²) < 4.78 is 5.62. The van der Waals surface area contributed by atoms with Crippen LogP contribution in [0.25, 0.3) is 0 Å². The largest absolute Gasteiger partial charge is 0.456 e. The molecule has 2 bridgehead atoms. The van der Waals surface area contributed by atoms with Crippen molar-refractivity contribution in [2.45, 2.75) is 57.0 Å². The van der Waals surface area contributed by atoms with Crippen molar-refractivity contribution in [3.05, 3.63) is 12.7 Å². The van der Waals surface area contributed by atoms with Crippen molar-refractivity contribution in [1.82, 2.24) is 0 Å². The summed E-state index contributed by atoms with van der Waals surface area (Å²) in [7, 11) is 0. The van der Waals surface area contributed by atoms with Gasteiger partial charge in [-0.05, 0) is 44.4 Å². The number of fused-ring (bicyclic) bond motifs is 3. The minimum absolute atomic E-state index is 0.142. The van der Waals surface area contributed by atoms with Gasteiger partial charge in [0.25, 0.3) is 0 Å². The standard InChI is InChI=1S/C13H20O2/c1-2-12(14)15-13-8-3-5-11(7-10-13)6-4-9-13/h2,11H,1,3-10H2. The predicted octanol–water partition coefficient (Wildman–Crippen LogP) is 3.22. The van der Waals surface area contributed by atoms with Crippen molar-refractivity contribution in [2.24, 2.45) is 5.92 Å². The van der Waals surface area contributed by atoms with Gasteiger partial charge in [-0.15, -0.1) is 0 Å². The van der Waals surface area contributed by atoms with E-state index in [1.165, 1.54) is 38.2 Å². The first-order valence-corrected chi connectivity index (χ1v) is 6.09. The SMILES string of the molecule is C=CC(=O)OC12CCCC(CCC1)CC2. The third-order valence-electron chi connectivity index (χ3n) is 3.98. The molecule has 0 aromatic rings. The van der Waals surface area contributed by atoms with Gasteiger partial charge in [0.05, 0.1) is 0 Å². The van der Waals surface area contributed by atoms with Gasteiger partial charge in [-0.25, -0.2) is 4.79 Å². The van der Waals surface area contributed by atoms with Crippen molar-refractivity contribution in [3.63, 3.8) is 0 Å². The average molecular weight is 208 g/mol. The molecule has 0 unspecified atom stereocenters. The second kappa shape index (κ2) is 4.38. The minimum atomic E-state index is -0.240. The van der Waals surface area contributed by atoms with Crippen LogP contribution in [0.3, 0.4) is 0 Å². The molecule has 2 nitrogen and oxygen atoms in total. The highest BCUT2D eigenvalue weighted by molar-refractivity contribution is 5.81. The molecular formula is C13H20O2. The average Bonchev–Trinajstić information content (AvgIpc) is 2.50. The van der Waals surface area contributed by atoms with Crippen LogP contribution in [0.2, 0.25) is 0 Å². The fraction of sp³-hybridized carbons (Fsp3) is 0.769. The third-order valence-corrected chi connectivity index (χ3v) is 3.98. The summed E-state index contributed by atoms with van der Waals surface area (Å²) in [5.41, 5.74) is -0.142. The number of hydrogen-bond donors (Lipinski definition) is 0. The highest BCUT2D eigenvalue weighted by atomic mass is 16.6. The van der Waals surface area contributed by atoms with Crippen LogP contribution in [0.1, 0.15) is 51.4 Å². The monoisotopic (exact) mass is 208 g/mol. The number of ether oxygens (including phenoxy) is 1. The van der Waals surface area contributed by atoms with E-state index in [0.29, 0.717) is 0 Å². The zero-order valence-electron chi connectivity index (χ0n) is 9.34. The summed E-state index contributed by atoms with van der Waals surface area (Å²) in [6.07, 6.45) is 10.8. The van der Waals surface area contributed by atoms with E-state index >= 15 is 0 Å². The Balaban J connectivity index is 2.09. The maximum absolute atomic E-state index is 11.3. The quantitative estimate of drug-likeness (QED) is 0.514. The zero-order chi connectivity index (χ0) is 10.7. The molecule has 15 heavy (non-hydrogen) atoms. The molecular weight excluding hydrogens is 188 g/mol. The molecule has 0 atom stereocenters. The Hall–Kier alpha value is -0.790. The molecule has 0 spiro atoms. The maximum atomic E-state index is 11.3. The molecule has 0 amide bonds. The van der Waals surface area contributed by atoms with Crippen molar-refractivity contribution in [3.8, 4) is 0 Å². The smallest absolute Gasteiger partial charge is 0.330 e. The van der Waals surface area contributed by atoms with Crippen LogP contribution in [-0.2, 0) is 9.53 Å². The summed E-state index contributed by atoms with van der Waals surface area (Å²) in [4.78, 5) is 11.3. The zero-order valence-corrected chi connectivity index (χ0v) is 9.34. The summed E-state index contributed by atoms with van der Waals surface area (Å²) in [6, 6.07) is 0. The summed E-state index contributed by atoms with van der Waals surface area (Å²) in [6.45, 7) is 3.48. The highest BCUT2D eigenvalue weighted by Gasteiger charge is 2.38. The molecule has 0 aromatic carbocycles. The maximum Gasteiger partial charge on any atom is 0.330 e. The first-order valence-electron chi connectivity index (χ1n) is 6.09. The third kappa shape index (κ3) is 2.42. The van der Waals surface area contributed by atoms with Crippen molar-refractivity contribution >= 4 is 5.97 Å². The minimum Gasteiger partial charge on any atom is -0.456 e. The molecule has 0 aromatic heterocycles. The van der Waals surface area contributed by atoms with Crippen LogP contribution in [0, 0.1) is 5.92 Å². The predicted molar refractivity (Wildman–Crippen MR) is 59.4 cm³/mol. The molecule has 0 aliphatic heterocycles. The normalized spacial score (nSPS) is 35.3. The lowest BCUT2D eigenvalue weighted by molar-refractivity contribution is -0.155. The van der Waals surface area contributed by atoms with Gasteiger partial charge in [-0.2, -0.15) is 0 Å². The van der Waals surface area contributed by atoms with Gasteiger partial charge in [0, 0.05) is 6.08 Å². The number of carbonyl (C=O) groups excluding carboxylic acids is 1. The first-order chi connectivity index (χ1) is 7.24. The van der Waals surface area contributed by atoms with Crippen LogP contribution >= 0.6 is 0 Å². The van der Waals surface area contributed by atoms with Gasteiger partial charge in [0.2, 0.25) is 0 Å². The van der Waals surface area contributed by atoms with Crippen LogP contribution in [-0.4, -0.2) is 11.6 Å². The van der Waals surface area contributed by atoms with Crippen LogP contribution in [0.4, 0.5) is 0 Å². The van der Waals surface area contributed by atoms with E-state index in [-0.39, 0.29) is 11.6 Å². The number of esters is 1. The Kier molecular flexibility index (Phi) is 3.13. The Morgan fingerprint density at radius 3 is 2.47 bits per heavy atom.